The number of carbonyl (C=O) groups excluding carboxylic acids is 1. The number of aryl methyl sites for hydroxylation is 2. The van der Waals surface area contributed by atoms with Crippen molar-refractivity contribution in [1.29, 1.82) is 0 Å². The van der Waals surface area contributed by atoms with Crippen molar-refractivity contribution >= 4 is 5.91 Å². The molecule has 1 N–H and O–H groups in total. The second kappa shape index (κ2) is 6.99. The van der Waals surface area contributed by atoms with Crippen molar-refractivity contribution in [3.8, 4) is 0 Å². The predicted octanol–water partition coefficient (Wildman–Crippen LogP) is 2.48. The van der Waals surface area contributed by atoms with E-state index < -0.39 is 0 Å². The number of nitrogens with zero attached hydrogens (tertiary/aromatic N) is 2. The lowest BCUT2D eigenvalue weighted by Crippen LogP contribution is -2.41. The number of nitrogens with one attached hydrogen (secondary N) is 1. The first kappa shape index (κ1) is 16.4. The SMILES string of the molecule is Cc1cc(CC2CCN(C(=O)c3ccc(C)[nH]c3=O)CC2)ccn1. The number of carbonyl (C=O) groups is 1. The van der Waals surface area contributed by atoms with Crippen LogP contribution in [0, 0.1) is 19.8 Å². The molecule has 24 heavy (non-hydrogen) atoms. The van der Waals surface area contributed by atoms with E-state index in [-0.39, 0.29) is 17.0 Å². The maximum absolute atomic E-state index is 12.5. The van der Waals surface area contributed by atoms with Gasteiger partial charge in [0.05, 0.1) is 0 Å². The average Bonchev–Trinajstić information content (AvgIpc) is 2.55. The van der Waals surface area contributed by atoms with Gasteiger partial charge in [0.15, 0.2) is 0 Å². The molecule has 126 valence electrons. The quantitative estimate of drug-likeness (QED) is 0.943. The molecule has 0 aromatic carbocycles. The van der Waals surface area contributed by atoms with Crippen LogP contribution in [0.3, 0.4) is 0 Å². The molecule has 1 amide bonds. The number of piperidine rings is 1. The zero-order valence-corrected chi connectivity index (χ0v) is 14.2. The first-order valence-corrected chi connectivity index (χ1v) is 8.43. The van der Waals surface area contributed by atoms with E-state index in [1.54, 1.807) is 17.0 Å². The minimum absolute atomic E-state index is 0.158. The third-order valence-electron chi connectivity index (χ3n) is 4.67. The molecular weight excluding hydrogens is 302 g/mol. The predicted molar refractivity (Wildman–Crippen MR) is 93.1 cm³/mol. The molecule has 0 atom stereocenters. The van der Waals surface area contributed by atoms with E-state index in [9.17, 15) is 9.59 Å². The summed E-state index contributed by atoms with van der Waals surface area (Å²) >= 11 is 0. The highest BCUT2D eigenvalue weighted by Crippen LogP contribution is 2.22. The van der Waals surface area contributed by atoms with Gasteiger partial charge in [-0.15, -0.1) is 0 Å². The van der Waals surface area contributed by atoms with E-state index in [2.05, 4.69) is 22.1 Å². The van der Waals surface area contributed by atoms with Crippen LogP contribution in [0.5, 0.6) is 0 Å². The molecule has 0 unspecified atom stereocenters. The Morgan fingerprint density at radius 3 is 2.67 bits per heavy atom. The maximum Gasteiger partial charge on any atom is 0.260 e. The van der Waals surface area contributed by atoms with Gasteiger partial charge in [-0.1, -0.05) is 0 Å². The lowest BCUT2D eigenvalue weighted by atomic mass is 9.90. The lowest BCUT2D eigenvalue weighted by molar-refractivity contribution is 0.0688. The van der Waals surface area contributed by atoms with Crippen LogP contribution in [0.25, 0.3) is 0 Å². The van der Waals surface area contributed by atoms with Gasteiger partial charge in [-0.2, -0.15) is 0 Å². The van der Waals surface area contributed by atoms with Gasteiger partial charge in [-0.25, -0.2) is 0 Å². The van der Waals surface area contributed by atoms with Crippen molar-refractivity contribution in [3.63, 3.8) is 0 Å². The molecule has 5 heteroatoms. The summed E-state index contributed by atoms with van der Waals surface area (Å²) in [4.78, 5) is 33.2. The Labute approximate surface area is 141 Å². The van der Waals surface area contributed by atoms with Crippen molar-refractivity contribution in [1.82, 2.24) is 14.9 Å². The Kier molecular flexibility index (Phi) is 4.79. The first-order chi connectivity index (χ1) is 11.5. The Bertz CT molecular complexity index is 789. The van der Waals surface area contributed by atoms with Gasteiger partial charge < -0.3 is 9.88 Å². The number of pyridine rings is 2. The zero-order chi connectivity index (χ0) is 17.1. The summed E-state index contributed by atoms with van der Waals surface area (Å²) in [5.41, 5.74) is 3.06. The maximum atomic E-state index is 12.5. The molecule has 1 aliphatic heterocycles. The fraction of sp³-hybridized carbons (Fsp3) is 0.421. The molecule has 2 aromatic heterocycles. The van der Waals surface area contributed by atoms with Gasteiger partial charge in [0.25, 0.3) is 11.5 Å². The van der Waals surface area contributed by atoms with Crippen LogP contribution in [-0.4, -0.2) is 33.9 Å². The summed E-state index contributed by atoms with van der Waals surface area (Å²) in [5, 5.41) is 0. The number of H-pyrrole nitrogens is 1. The number of amides is 1. The van der Waals surface area contributed by atoms with Crippen LogP contribution < -0.4 is 5.56 Å². The summed E-state index contributed by atoms with van der Waals surface area (Å²) in [6.45, 7) is 5.23. The molecule has 1 saturated heterocycles. The Morgan fingerprint density at radius 1 is 1.25 bits per heavy atom. The third kappa shape index (κ3) is 3.72. The Balaban J connectivity index is 1.60. The van der Waals surface area contributed by atoms with Crippen LogP contribution in [0.2, 0.25) is 0 Å². The molecule has 3 rings (SSSR count). The summed E-state index contributed by atoms with van der Waals surface area (Å²) in [6.07, 6.45) is 4.82. The average molecular weight is 325 g/mol. The molecule has 1 fully saturated rings. The zero-order valence-electron chi connectivity index (χ0n) is 14.2. The van der Waals surface area contributed by atoms with Crippen molar-refractivity contribution in [2.24, 2.45) is 5.92 Å². The summed E-state index contributed by atoms with van der Waals surface area (Å²) in [6, 6.07) is 7.59. The summed E-state index contributed by atoms with van der Waals surface area (Å²) in [7, 11) is 0. The first-order valence-electron chi connectivity index (χ1n) is 8.43. The molecule has 1 aliphatic rings. The summed E-state index contributed by atoms with van der Waals surface area (Å²) in [5.74, 6) is 0.418. The molecule has 5 nitrogen and oxygen atoms in total. The number of aromatic amines is 1. The highest BCUT2D eigenvalue weighted by Gasteiger charge is 2.25. The van der Waals surface area contributed by atoms with E-state index in [4.69, 9.17) is 0 Å². The molecule has 0 spiro atoms. The van der Waals surface area contributed by atoms with E-state index in [0.717, 1.165) is 30.7 Å². The number of hydrogen-bond acceptors (Lipinski definition) is 3. The Morgan fingerprint density at radius 2 is 2.00 bits per heavy atom. The minimum atomic E-state index is -0.297. The van der Waals surface area contributed by atoms with Gasteiger partial charge in [-0.05, 0) is 68.9 Å². The van der Waals surface area contributed by atoms with Gasteiger partial charge >= 0.3 is 0 Å². The van der Waals surface area contributed by atoms with Crippen LogP contribution in [0.15, 0.2) is 35.3 Å². The molecule has 3 heterocycles. The van der Waals surface area contributed by atoms with Crippen molar-refractivity contribution in [2.45, 2.75) is 33.1 Å². The number of hydrogen-bond donors (Lipinski definition) is 1. The van der Waals surface area contributed by atoms with Gasteiger partial charge in [0.2, 0.25) is 0 Å². The second-order valence-electron chi connectivity index (χ2n) is 6.63. The molecular formula is C19H23N3O2. The highest BCUT2D eigenvalue weighted by atomic mass is 16.2. The fourth-order valence-corrected chi connectivity index (χ4v) is 3.32. The Hall–Kier alpha value is -2.43. The molecule has 0 aliphatic carbocycles. The largest absolute Gasteiger partial charge is 0.338 e. The molecule has 2 aromatic rings. The minimum Gasteiger partial charge on any atom is -0.338 e. The monoisotopic (exact) mass is 325 g/mol. The van der Waals surface area contributed by atoms with E-state index >= 15 is 0 Å². The number of aromatic nitrogens is 2. The molecule has 0 saturated carbocycles. The van der Waals surface area contributed by atoms with Gasteiger partial charge in [0, 0.05) is 30.7 Å². The lowest BCUT2D eigenvalue weighted by Gasteiger charge is -2.32. The van der Waals surface area contributed by atoms with Crippen molar-refractivity contribution in [2.75, 3.05) is 13.1 Å². The smallest absolute Gasteiger partial charge is 0.260 e. The number of rotatable bonds is 3. The number of likely N-dealkylation sites (tertiary alicyclic amines) is 1. The topological polar surface area (TPSA) is 66.1 Å². The van der Waals surface area contributed by atoms with Crippen LogP contribution >= 0.6 is 0 Å². The van der Waals surface area contributed by atoms with E-state index in [1.165, 1.54) is 5.56 Å². The van der Waals surface area contributed by atoms with Crippen LogP contribution in [-0.2, 0) is 6.42 Å². The van der Waals surface area contributed by atoms with Crippen molar-refractivity contribution in [3.05, 3.63) is 63.3 Å². The summed E-state index contributed by atoms with van der Waals surface area (Å²) < 4.78 is 0. The second-order valence-corrected chi connectivity index (χ2v) is 6.63. The molecule has 0 radical (unpaired) electrons. The molecule has 0 bridgehead atoms. The van der Waals surface area contributed by atoms with Crippen LogP contribution in [0.1, 0.15) is 40.2 Å². The highest BCUT2D eigenvalue weighted by molar-refractivity contribution is 5.93. The standard InChI is InChI=1S/C19H23N3O2/c1-13-3-4-17(18(23)21-13)19(24)22-9-6-15(7-10-22)12-16-5-8-20-14(2)11-16/h3-5,8,11,15H,6-7,9-10,12H2,1-2H3,(H,21,23). The fourth-order valence-electron chi connectivity index (χ4n) is 3.32. The normalized spacial score (nSPS) is 15.5. The van der Waals surface area contributed by atoms with Gasteiger partial charge in [-0.3, -0.25) is 14.6 Å². The van der Waals surface area contributed by atoms with E-state index in [0.29, 0.717) is 19.0 Å². The third-order valence-corrected chi connectivity index (χ3v) is 4.67. The van der Waals surface area contributed by atoms with Gasteiger partial charge in [0.1, 0.15) is 5.56 Å². The van der Waals surface area contributed by atoms with Crippen molar-refractivity contribution < 1.29 is 4.79 Å². The van der Waals surface area contributed by atoms with Crippen LogP contribution in [0.4, 0.5) is 0 Å². The van der Waals surface area contributed by atoms with E-state index in [1.807, 2.05) is 20.0 Å².